The molecule has 4 N–H and O–H groups in total. The molecule has 3 aromatic heterocycles. The molecule has 0 saturated heterocycles. The van der Waals surface area contributed by atoms with Gasteiger partial charge >= 0.3 is 0 Å². The quantitative estimate of drug-likeness (QED) is 0.186. The molecule has 9 heteroatoms. The Hall–Kier alpha value is -4.57. The van der Waals surface area contributed by atoms with Crippen LogP contribution in [0.1, 0.15) is 20.9 Å². The standard InChI is InChI=1S/C25H15N3O3.C2H7N.CH6N2/c29-14-20-11-24(27-23-9-10-26-13-22(20)23)18-5-1-16(2-6-18)17-3-7-19(8-4-17)25-12-21(15-30)31-28-25;2*1-3-2/h1-15H;3H,1-2H3;3H,2H2,1H3. The van der Waals surface area contributed by atoms with Crippen LogP contribution in [-0.4, -0.2) is 48.8 Å². The van der Waals surface area contributed by atoms with Crippen LogP contribution in [0.5, 0.6) is 0 Å². The third-order valence-corrected chi connectivity index (χ3v) is 5.11. The first-order valence-corrected chi connectivity index (χ1v) is 11.4. The number of fused-ring (bicyclic) bond motifs is 1. The Balaban J connectivity index is 0.000000580. The molecular weight excluding hydrogens is 468 g/mol. The monoisotopic (exact) mass is 496 g/mol. The molecule has 2 aromatic carbocycles. The van der Waals surface area contributed by atoms with E-state index in [1.807, 2.05) is 62.6 Å². The fraction of sp³-hybridized carbons (Fsp3) is 0.107. The van der Waals surface area contributed by atoms with Crippen molar-refractivity contribution in [2.75, 3.05) is 21.1 Å². The summed E-state index contributed by atoms with van der Waals surface area (Å²) in [5.41, 5.74) is 8.79. The summed E-state index contributed by atoms with van der Waals surface area (Å²) in [6.07, 6.45) is 4.78. The zero-order chi connectivity index (χ0) is 26.6. The number of carbonyl (C=O) groups excluding carboxylic acids is 2. The maximum absolute atomic E-state index is 11.5. The summed E-state index contributed by atoms with van der Waals surface area (Å²) in [6.45, 7) is 0. The number of aldehydes is 2. The third-order valence-electron chi connectivity index (χ3n) is 5.11. The maximum Gasteiger partial charge on any atom is 0.199 e. The molecule has 0 spiro atoms. The summed E-state index contributed by atoms with van der Waals surface area (Å²) >= 11 is 0. The first-order chi connectivity index (χ1) is 18.1. The van der Waals surface area contributed by atoms with Crippen LogP contribution in [0.2, 0.25) is 0 Å². The lowest BCUT2D eigenvalue weighted by atomic mass is 10.00. The highest BCUT2D eigenvalue weighted by atomic mass is 16.5. The van der Waals surface area contributed by atoms with Crippen molar-refractivity contribution >= 4 is 23.5 Å². The van der Waals surface area contributed by atoms with Gasteiger partial charge < -0.3 is 9.84 Å². The van der Waals surface area contributed by atoms with Gasteiger partial charge in [-0.25, -0.2) is 4.98 Å². The van der Waals surface area contributed by atoms with Crippen molar-refractivity contribution in [3.8, 4) is 33.6 Å². The van der Waals surface area contributed by atoms with Crippen LogP contribution in [0.15, 0.2) is 83.6 Å². The van der Waals surface area contributed by atoms with E-state index in [9.17, 15) is 9.59 Å². The first-order valence-electron chi connectivity index (χ1n) is 11.4. The average molecular weight is 497 g/mol. The van der Waals surface area contributed by atoms with Crippen molar-refractivity contribution in [3.05, 3.63) is 90.4 Å². The molecule has 188 valence electrons. The second-order valence-corrected chi connectivity index (χ2v) is 7.78. The molecule has 0 aliphatic carbocycles. The van der Waals surface area contributed by atoms with Crippen LogP contribution >= 0.6 is 0 Å². The SMILES string of the molecule is CNC.CNN.O=Cc1cc(-c2ccc(-c3ccc(-c4cc(C=O)c5cnccc5n4)cc3)cc2)no1. The highest BCUT2D eigenvalue weighted by Gasteiger charge is 2.09. The lowest BCUT2D eigenvalue weighted by Crippen LogP contribution is -2.13. The summed E-state index contributed by atoms with van der Waals surface area (Å²) in [4.78, 5) is 31.0. The molecule has 0 bridgehead atoms. The number of hydrazine groups is 1. The van der Waals surface area contributed by atoms with E-state index in [1.54, 1.807) is 37.6 Å². The maximum atomic E-state index is 11.5. The number of nitrogens with two attached hydrogens (primary N) is 1. The molecule has 0 saturated carbocycles. The normalized spacial score (nSPS) is 10.1. The number of hydrogen-bond donors (Lipinski definition) is 3. The predicted octanol–water partition coefficient (Wildman–Crippen LogP) is 4.16. The van der Waals surface area contributed by atoms with Crippen LogP contribution < -0.4 is 16.6 Å². The van der Waals surface area contributed by atoms with Gasteiger partial charge in [0.2, 0.25) is 0 Å². The van der Waals surface area contributed by atoms with Gasteiger partial charge in [-0.2, -0.15) is 0 Å². The van der Waals surface area contributed by atoms with Gasteiger partial charge in [0.15, 0.2) is 18.3 Å². The van der Waals surface area contributed by atoms with Crippen molar-refractivity contribution in [1.82, 2.24) is 25.9 Å². The Labute approximate surface area is 214 Å². The Morgan fingerprint density at radius 2 is 1.32 bits per heavy atom. The molecule has 0 aliphatic heterocycles. The highest BCUT2D eigenvalue weighted by molar-refractivity contribution is 5.97. The first kappa shape index (κ1) is 27.0. The summed E-state index contributed by atoms with van der Waals surface area (Å²) in [5.74, 6) is 4.80. The van der Waals surface area contributed by atoms with Gasteiger partial charge in [0, 0.05) is 40.5 Å². The molecule has 0 amide bonds. The lowest BCUT2D eigenvalue weighted by molar-refractivity contribution is 0.109. The zero-order valence-electron chi connectivity index (χ0n) is 20.8. The van der Waals surface area contributed by atoms with E-state index in [2.05, 4.69) is 31.7 Å². The molecule has 37 heavy (non-hydrogen) atoms. The molecule has 0 atom stereocenters. The Morgan fingerprint density at radius 1 is 0.784 bits per heavy atom. The fourth-order valence-electron chi connectivity index (χ4n) is 3.49. The average Bonchev–Trinajstić information content (AvgIpc) is 3.43. The van der Waals surface area contributed by atoms with E-state index < -0.39 is 0 Å². The van der Waals surface area contributed by atoms with Gasteiger partial charge in [-0.05, 0) is 44.4 Å². The van der Waals surface area contributed by atoms with Gasteiger partial charge in [-0.15, -0.1) is 0 Å². The van der Waals surface area contributed by atoms with E-state index in [-0.39, 0.29) is 5.76 Å². The molecule has 0 radical (unpaired) electrons. The Bertz CT molecular complexity index is 1450. The van der Waals surface area contributed by atoms with Crippen LogP contribution in [0.4, 0.5) is 0 Å². The minimum Gasteiger partial charge on any atom is -0.353 e. The van der Waals surface area contributed by atoms with Gasteiger partial charge in [-0.1, -0.05) is 53.7 Å². The molecule has 5 aromatic rings. The topological polar surface area (TPSA) is 136 Å². The largest absolute Gasteiger partial charge is 0.353 e. The number of benzene rings is 2. The molecule has 9 nitrogen and oxygen atoms in total. The number of nitrogens with one attached hydrogen (secondary N) is 2. The number of nitrogens with zero attached hydrogens (tertiary/aromatic N) is 3. The van der Waals surface area contributed by atoms with Crippen molar-refractivity contribution in [3.63, 3.8) is 0 Å². The Kier molecular flexibility index (Phi) is 9.86. The molecule has 3 heterocycles. The summed E-state index contributed by atoms with van der Waals surface area (Å²) in [5, 5.41) is 7.39. The zero-order valence-corrected chi connectivity index (χ0v) is 20.8. The number of pyridine rings is 2. The Morgan fingerprint density at radius 3 is 1.84 bits per heavy atom. The molecule has 0 unspecified atom stereocenters. The second kappa shape index (κ2) is 13.5. The highest BCUT2D eigenvalue weighted by Crippen LogP contribution is 2.28. The predicted molar refractivity (Wildman–Crippen MR) is 145 cm³/mol. The fourth-order valence-corrected chi connectivity index (χ4v) is 3.49. The third kappa shape index (κ3) is 6.77. The summed E-state index contributed by atoms with van der Waals surface area (Å²) in [6, 6.07) is 21.1. The van der Waals surface area contributed by atoms with Crippen molar-refractivity contribution in [1.29, 1.82) is 0 Å². The van der Waals surface area contributed by atoms with Crippen molar-refractivity contribution in [2.24, 2.45) is 5.84 Å². The second-order valence-electron chi connectivity index (χ2n) is 7.78. The van der Waals surface area contributed by atoms with E-state index in [4.69, 9.17) is 4.52 Å². The van der Waals surface area contributed by atoms with Crippen LogP contribution in [-0.2, 0) is 0 Å². The number of carbonyl (C=O) groups is 2. The lowest BCUT2D eigenvalue weighted by Gasteiger charge is -2.08. The minimum absolute atomic E-state index is 0.200. The molecule has 5 rings (SSSR count). The van der Waals surface area contributed by atoms with E-state index in [0.717, 1.165) is 45.1 Å². The summed E-state index contributed by atoms with van der Waals surface area (Å²) < 4.78 is 4.93. The number of aromatic nitrogens is 3. The molecular formula is C28H28N6O3. The van der Waals surface area contributed by atoms with Crippen LogP contribution in [0.3, 0.4) is 0 Å². The smallest absolute Gasteiger partial charge is 0.199 e. The number of hydrogen-bond acceptors (Lipinski definition) is 9. The van der Waals surface area contributed by atoms with E-state index >= 15 is 0 Å². The van der Waals surface area contributed by atoms with Crippen molar-refractivity contribution in [2.45, 2.75) is 0 Å². The number of rotatable bonds is 5. The molecule has 0 aliphatic rings. The minimum atomic E-state index is 0.200. The van der Waals surface area contributed by atoms with Gasteiger partial charge in [-0.3, -0.25) is 25.8 Å². The summed E-state index contributed by atoms with van der Waals surface area (Å²) in [7, 11) is 5.40. The van der Waals surface area contributed by atoms with Crippen molar-refractivity contribution < 1.29 is 14.1 Å². The van der Waals surface area contributed by atoms with Crippen LogP contribution in [0, 0.1) is 0 Å². The van der Waals surface area contributed by atoms with Gasteiger partial charge in [0.05, 0.1) is 11.2 Å². The van der Waals surface area contributed by atoms with Crippen LogP contribution in [0.25, 0.3) is 44.5 Å². The van der Waals surface area contributed by atoms with E-state index in [0.29, 0.717) is 17.5 Å². The molecule has 0 fully saturated rings. The van der Waals surface area contributed by atoms with Gasteiger partial charge in [0.25, 0.3) is 0 Å². The van der Waals surface area contributed by atoms with E-state index in [1.165, 1.54) is 0 Å². The van der Waals surface area contributed by atoms with Gasteiger partial charge in [0.1, 0.15) is 5.69 Å².